The highest BCUT2D eigenvalue weighted by molar-refractivity contribution is 7.89. The molecule has 16 heteroatoms. The summed E-state index contributed by atoms with van der Waals surface area (Å²) in [6.07, 6.45) is -10.9. The van der Waals surface area contributed by atoms with Gasteiger partial charge in [0, 0.05) is 30.7 Å². The molecule has 0 radical (unpaired) electrons. The van der Waals surface area contributed by atoms with Crippen LogP contribution in [0, 0.1) is 11.8 Å². The van der Waals surface area contributed by atoms with Crippen molar-refractivity contribution in [2.24, 2.45) is 0 Å². The number of hydrogen-bond acceptors (Lipinski definition) is 7. The lowest BCUT2D eigenvalue weighted by Gasteiger charge is -2.32. The van der Waals surface area contributed by atoms with Crippen LogP contribution in [0.15, 0.2) is 35.6 Å². The second-order valence-electron chi connectivity index (χ2n) is 6.26. The number of anilines is 1. The molecule has 2 aromatic heterocycles. The molecule has 0 aliphatic carbocycles. The molecule has 0 saturated heterocycles. The van der Waals surface area contributed by atoms with Gasteiger partial charge in [-0.3, -0.25) is 0 Å². The summed E-state index contributed by atoms with van der Waals surface area (Å²) in [5.41, 5.74) is -6.83. The van der Waals surface area contributed by atoms with E-state index in [-0.39, 0.29) is 29.0 Å². The maximum atomic E-state index is 12.9. The van der Waals surface area contributed by atoms with Crippen LogP contribution in [-0.2, 0) is 15.6 Å². The van der Waals surface area contributed by atoms with Crippen LogP contribution >= 0.6 is 11.6 Å². The van der Waals surface area contributed by atoms with Gasteiger partial charge in [-0.25, -0.2) is 28.1 Å². The Hall–Kier alpha value is -2.67. The van der Waals surface area contributed by atoms with E-state index in [1.165, 1.54) is 19.1 Å². The lowest BCUT2D eigenvalue weighted by atomic mass is 9.95. The summed E-state index contributed by atoms with van der Waals surface area (Å²) >= 11 is 5.60. The van der Waals surface area contributed by atoms with Crippen molar-refractivity contribution < 1.29 is 39.9 Å². The van der Waals surface area contributed by atoms with Crippen LogP contribution in [0.2, 0.25) is 5.15 Å². The van der Waals surface area contributed by atoms with Crippen LogP contribution in [-0.4, -0.2) is 53.4 Å². The summed E-state index contributed by atoms with van der Waals surface area (Å²) in [5.74, 6) is 4.55. The third kappa shape index (κ3) is 6.02. The molecule has 3 N–H and O–H groups in total. The van der Waals surface area contributed by atoms with Crippen LogP contribution in [0.5, 0.6) is 0 Å². The zero-order valence-electron chi connectivity index (χ0n) is 16.3. The van der Waals surface area contributed by atoms with Crippen molar-refractivity contribution in [1.82, 2.24) is 19.7 Å². The van der Waals surface area contributed by atoms with Gasteiger partial charge in [0.05, 0.1) is 0 Å². The molecular weight excluding hydrogens is 504 g/mol. The van der Waals surface area contributed by atoms with Gasteiger partial charge in [-0.1, -0.05) is 17.5 Å². The first-order valence-corrected chi connectivity index (χ1v) is 10.5. The monoisotopic (exact) mass is 517 g/mol. The maximum absolute atomic E-state index is 12.9. The van der Waals surface area contributed by atoms with Gasteiger partial charge in [0.25, 0.3) is 5.60 Å². The highest BCUT2D eigenvalue weighted by atomic mass is 35.5. The Morgan fingerprint density at radius 2 is 1.64 bits per heavy atom. The number of nitrogens with zero attached hydrogens (tertiary/aromatic N) is 3. The molecule has 180 valence electrons. The number of rotatable bonds is 7. The summed E-state index contributed by atoms with van der Waals surface area (Å²) in [4.78, 5) is 10.1. The van der Waals surface area contributed by atoms with Crippen LogP contribution in [0.4, 0.5) is 32.3 Å². The lowest BCUT2D eigenvalue weighted by molar-refractivity contribution is -0.376. The molecule has 0 spiro atoms. The first kappa shape index (κ1) is 26.6. The summed E-state index contributed by atoms with van der Waals surface area (Å²) in [6, 6.07) is 1.41. The average Bonchev–Trinajstić information content (AvgIpc) is 2.71. The minimum Gasteiger partial charge on any atom is -0.369 e. The van der Waals surface area contributed by atoms with Gasteiger partial charge in [-0.15, -0.1) is 5.92 Å². The number of halogens is 7. The average molecular weight is 518 g/mol. The Bertz CT molecular complexity index is 1120. The molecule has 0 bridgehead atoms. The Kier molecular flexibility index (Phi) is 7.79. The molecular formula is C17H14ClF6N5O3S. The van der Waals surface area contributed by atoms with Gasteiger partial charge in [0.1, 0.15) is 16.1 Å². The first-order chi connectivity index (χ1) is 15.1. The van der Waals surface area contributed by atoms with Gasteiger partial charge in [-0.05, 0) is 19.1 Å². The Morgan fingerprint density at radius 1 is 1.06 bits per heavy atom. The fourth-order valence-electron chi connectivity index (χ4n) is 2.34. The van der Waals surface area contributed by atoms with E-state index >= 15 is 0 Å². The van der Waals surface area contributed by atoms with E-state index in [9.17, 15) is 39.9 Å². The van der Waals surface area contributed by atoms with E-state index in [1.807, 2.05) is 0 Å². The second-order valence-corrected chi connectivity index (χ2v) is 8.42. The van der Waals surface area contributed by atoms with E-state index < -0.39 is 45.5 Å². The fourth-order valence-corrected chi connectivity index (χ4v) is 3.45. The number of pyridine rings is 1. The van der Waals surface area contributed by atoms with Crippen molar-refractivity contribution in [1.29, 1.82) is 0 Å². The molecule has 2 heterocycles. The van der Waals surface area contributed by atoms with Crippen LogP contribution in [0.1, 0.15) is 12.5 Å². The predicted molar refractivity (Wildman–Crippen MR) is 103 cm³/mol. The summed E-state index contributed by atoms with van der Waals surface area (Å²) in [6.45, 7) is 1.02. The van der Waals surface area contributed by atoms with Gasteiger partial charge < -0.3 is 10.4 Å². The largest absolute Gasteiger partial charge is 0.430 e. The van der Waals surface area contributed by atoms with Crippen molar-refractivity contribution >= 4 is 27.6 Å². The molecule has 0 aliphatic heterocycles. The number of aliphatic hydroxyl groups is 1. The molecule has 8 nitrogen and oxygen atoms in total. The quantitative estimate of drug-likeness (QED) is 0.294. The highest BCUT2D eigenvalue weighted by Gasteiger charge is 2.71. The minimum absolute atomic E-state index is 0.0638. The third-order valence-electron chi connectivity index (χ3n) is 4.00. The molecule has 0 fully saturated rings. The lowest BCUT2D eigenvalue weighted by Crippen LogP contribution is -2.54. The van der Waals surface area contributed by atoms with Crippen LogP contribution in [0.3, 0.4) is 0 Å². The van der Waals surface area contributed by atoms with Gasteiger partial charge >= 0.3 is 12.4 Å². The SMILES string of the molecule is CC#CC(CNS(=O)(=O)c1ccc(Cl)nc1)Nc1ncc(C(O)(C(F)(F)F)C(F)(F)F)cn1. The molecule has 0 aromatic carbocycles. The number of hydrogen-bond donors (Lipinski definition) is 3. The molecule has 2 rings (SSSR count). The van der Waals surface area contributed by atoms with Crippen molar-refractivity contribution in [3.05, 3.63) is 41.4 Å². The molecule has 0 amide bonds. The smallest absolute Gasteiger partial charge is 0.369 e. The number of alkyl halides is 6. The third-order valence-corrected chi connectivity index (χ3v) is 5.63. The normalized spacial score (nSPS) is 13.7. The number of sulfonamides is 1. The highest BCUT2D eigenvalue weighted by Crippen LogP contribution is 2.49. The van der Waals surface area contributed by atoms with E-state index in [1.54, 1.807) is 0 Å². The van der Waals surface area contributed by atoms with E-state index in [0.717, 1.165) is 6.20 Å². The maximum Gasteiger partial charge on any atom is 0.430 e. The molecule has 1 unspecified atom stereocenters. The number of aromatic nitrogens is 3. The fraction of sp³-hybridized carbons (Fsp3) is 0.353. The second kappa shape index (κ2) is 9.67. The van der Waals surface area contributed by atoms with E-state index in [0.29, 0.717) is 0 Å². The van der Waals surface area contributed by atoms with E-state index in [4.69, 9.17) is 11.6 Å². The van der Waals surface area contributed by atoms with Crippen molar-refractivity contribution in [2.45, 2.75) is 35.8 Å². The van der Waals surface area contributed by atoms with E-state index in [2.05, 4.69) is 36.8 Å². The summed E-state index contributed by atoms with van der Waals surface area (Å²) < 4.78 is 104. The standard InChI is InChI=1S/C17H14ClF6N5O3S/c1-2-3-11(8-28-33(31,32)12-4-5-13(18)25-9-12)29-14-26-6-10(7-27-14)15(30,16(19,20)21)17(22,23)24/h4-7,9,11,28,30H,8H2,1H3,(H,26,27,29). The van der Waals surface area contributed by atoms with Crippen molar-refractivity contribution in [3.63, 3.8) is 0 Å². The predicted octanol–water partition coefficient (Wildman–Crippen LogP) is 2.62. The first-order valence-electron chi connectivity index (χ1n) is 8.60. The Balaban J connectivity index is 2.20. The van der Waals surface area contributed by atoms with Crippen molar-refractivity contribution in [2.75, 3.05) is 11.9 Å². The topological polar surface area (TPSA) is 117 Å². The summed E-state index contributed by atoms with van der Waals surface area (Å²) in [5, 5.41) is 11.9. The summed E-state index contributed by atoms with van der Waals surface area (Å²) in [7, 11) is -4.04. The zero-order valence-corrected chi connectivity index (χ0v) is 17.9. The number of nitrogens with one attached hydrogen (secondary N) is 2. The van der Waals surface area contributed by atoms with Crippen molar-refractivity contribution in [3.8, 4) is 11.8 Å². The zero-order chi connectivity index (χ0) is 25.1. The minimum atomic E-state index is -6.09. The molecule has 2 aromatic rings. The molecule has 0 saturated carbocycles. The molecule has 33 heavy (non-hydrogen) atoms. The van der Waals surface area contributed by atoms with Crippen LogP contribution < -0.4 is 10.0 Å². The van der Waals surface area contributed by atoms with Gasteiger partial charge in [0.2, 0.25) is 16.0 Å². The van der Waals surface area contributed by atoms with Gasteiger partial charge in [-0.2, -0.15) is 26.3 Å². The molecule has 1 atom stereocenters. The molecule has 0 aliphatic rings. The van der Waals surface area contributed by atoms with Crippen LogP contribution in [0.25, 0.3) is 0 Å². The Labute approximate surface area is 188 Å². The Morgan fingerprint density at radius 3 is 2.09 bits per heavy atom. The van der Waals surface area contributed by atoms with Gasteiger partial charge in [0.15, 0.2) is 0 Å².